The van der Waals surface area contributed by atoms with Gasteiger partial charge in [0.15, 0.2) is 0 Å². The number of carbonyl (C=O) groups excluding carboxylic acids is 1. The monoisotopic (exact) mass is 848 g/mol. The average Bonchev–Trinajstić information content (AvgIpc) is 3.23. The van der Waals surface area contributed by atoms with Crippen LogP contribution in [0.2, 0.25) is 0 Å². The number of unbranched alkanes of at least 4 members (excludes halogenated alkanes) is 20. The Bertz CT molecular complexity index is 1130. The standard InChI is InChI=1S/C50H90NO7P/c1-3-5-7-9-11-13-15-17-19-21-23-24-25-27-29-31-33-35-37-39-41-43-50(52)58-49(48-57-59(53,54)56-46-44-51)47-55-45-42-40-38-36-34-32-30-28-26-22-20-18-16-14-12-10-8-6-4-2/h5,7,11,13-14,16-17,19-20,22-24,49H,3-4,6,8-10,12,15,18,21,25-48,51H2,1-2H3,(H,53,54)/b7-5-,13-11-,16-14-,19-17-,22-20-,24-23-. The number of nitrogens with two attached hydrogens (primary N) is 1. The minimum atomic E-state index is -4.29. The van der Waals surface area contributed by atoms with E-state index in [1.165, 1.54) is 109 Å². The maximum atomic E-state index is 12.6. The van der Waals surface area contributed by atoms with Crippen LogP contribution in [0.5, 0.6) is 0 Å². The van der Waals surface area contributed by atoms with Crippen molar-refractivity contribution >= 4 is 13.8 Å². The van der Waals surface area contributed by atoms with Crippen molar-refractivity contribution in [3.8, 4) is 0 Å². The first kappa shape index (κ1) is 56.9. The van der Waals surface area contributed by atoms with E-state index in [2.05, 4.69) is 86.8 Å². The molecule has 0 bridgehead atoms. The summed E-state index contributed by atoms with van der Waals surface area (Å²) in [6.07, 6.45) is 59.2. The van der Waals surface area contributed by atoms with Gasteiger partial charge in [-0.2, -0.15) is 0 Å². The molecule has 0 aromatic heterocycles. The van der Waals surface area contributed by atoms with Crippen molar-refractivity contribution in [1.29, 1.82) is 0 Å². The molecule has 9 heteroatoms. The van der Waals surface area contributed by atoms with Gasteiger partial charge in [0, 0.05) is 19.6 Å². The Balaban J connectivity index is 4.02. The smallest absolute Gasteiger partial charge is 0.457 e. The van der Waals surface area contributed by atoms with Gasteiger partial charge < -0.3 is 20.1 Å². The summed E-state index contributed by atoms with van der Waals surface area (Å²) in [6, 6.07) is 0. The fraction of sp³-hybridized carbons (Fsp3) is 0.740. The van der Waals surface area contributed by atoms with E-state index in [4.69, 9.17) is 24.3 Å². The second kappa shape index (κ2) is 47.0. The first-order valence-electron chi connectivity index (χ1n) is 23.9. The Morgan fingerprint density at radius 2 is 0.949 bits per heavy atom. The Morgan fingerprint density at radius 3 is 1.42 bits per heavy atom. The summed E-state index contributed by atoms with van der Waals surface area (Å²) >= 11 is 0. The predicted molar refractivity (Wildman–Crippen MR) is 252 cm³/mol. The van der Waals surface area contributed by atoms with Crippen molar-refractivity contribution < 1.29 is 32.8 Å². The van der Waals surface area contributed by atoms with Gasteiger partial charge in [-0.15, -0.1) is 0 Å². The molecule has 0 aliphatic heterocycles. The third-order valence-electron chi connectivity index (χ3n) is 9.86. The van der Waals surface area contributed by atoms with E-state index in [0.717, 1.165) is 70.6 Å². The predicted octanol–water partition coefficient (Wildman–Crippen LogP) is 14.7. The first-order valence-corrected chi connectivity index (χ1v) is 25.4. The number of rotatable bonds is 45. The van der Waals surface area contributed by atoms with Crippen LogP contribution in [0.1, 0.15) is 200 Å². The van der Waals surface area contributed by atoms with Crippen molar-refractivity contribution in [3.63, 3.8) is 0 Å². The van der Waals surface area contributed by atoms with Crippen molar-refractivity contribution in [3.05, 3.63) is 72.9 Å². The zero-order valence-electron chi connectivity index (χ0n) is 38.0. The molecule has 0 aliphatic rings. The molecule has 0 aromatic rings. The summed E-state index contributed by atoms with van der Waals surface area (Å²) in [5, 5.41) is 0. The van der Waals surface area contributed by atoms with Gasteiger partial charge in [-0.3, -0.25) is 13.8 Å². The van der Waals surface area contributed by atoms with Crippen LogP contribution in [0.3, 0.4) is 0 Å². The van der Waals surface area contributed by atoms with Gasteiger partial charge in [-0.05, 0) is 83.5 Å². The lowest BCUT2D eigenvalue weighted by Crippen LogP contribution is -2.28. The van der Waals surface area contributed by atoms with Crippen LogP contribution in [-0.4, -0.2) is 49.9 Å². The molecule has 342 valence electrons. The van der Waals surface area contributed by atoms with Gasteiger partial charge in [0.05, 0.1) is 19.8 Å². The highest BCUT2D eigenvalue weighted by Crippen LogP contribution is 2.43. The molecule has 0 heterocycles. The number of phosphoric acid groups is 1. The van der Waals surface area contributed by atoms with Crippen molar-refractivity contribution in [1.82, 2.24) is 0 Å². The third-order valence-corrected chi connectivity index (χ3v) is 10.8. The highest BCUT2D eigenvalue weighted by molar-refractivity contribution is 7.47. The Morgan fingerprint density at radius 1 is 0.525 bits per heavy atom. The van der Waals surface area contributed by atoms with E-state index in [-0.39, 0.29) is 32.3 Å². The molecule has 0 spiro atoms. The van der Waals surface area contributed by atoms with Crippen LogP contribution < -0.4 is 5.73 Å². The molecule has 2 atom stereocenters. The third kappa shape index (κ3) is 46.9. The summed E-state index contributed by atoms with van der Waals surface area (Å²) in [5.74, 6) is -0.342. The molecule has 0 saturated heterocycles. The topological polar surface area (TPSA) is 117 Å². The van der Waals surface area contributed by atoms with Crippen LogP contribution >= 0.6 is 7.82 Å². The number of phosphoric ester groups is 1. The van der Waals surface area contributed by atoms with E-state index >= 15 is 0 Å². The maximum Gasteiger partial charge on any atom is 0.472 e. The van der Waals surface area contributed by atoms with Gasteiger partial charge in [0.25, 0.3) is 0 Å². The zero-order valence-corrected chi connectivity index (χ0v) is 38.9. The lowest BCUT2D eigenvalue weighted by molar-refractivity contribution is -0.154. The quantitative estimate of drug-likeness (QED) is 0.0269. The SMILES string of the molecule is CC/C=C\C/C=C\C/C=C\C/C=C\CCCCCCCCCCC(=O)OC(COCCCCCCCCCC/C=C\C/C=C\CCCCCC)COP(=O)(O)OCCN. The molecule has 0 fully saturated rings. The minimum absolute atomic E-state index is 0.0946. The van der Waals surface area contributed by atoms with Gasteiger partial charge in [-0.1, -0.05) is 183 Å². The van der Waals surface area contributed by atoms with Gasteiger partial charge >= 0.3 is 13.8 Å². The molecular weight excluding hydrogens is 758 g/mol. The Kier molecular flexibility index (Phi) is 45.4. The number of ether oxygens (including phenoxy) is 2. The molecule has 0 radical (unpaired) electrons. The van der Waals surface area contributed by atoms with E-state index < -0.39 is 13.9 Å². The second-order valence-corrected chi connectivity index (χ2v) is 17.0. The first-order chi connectivity index (χ1) is 28.9. The van der Waals surface area contributed by atoms with Crippen LogP contribution in [0.4, 0.5) is 0 Å². The maximum absolute atomic E-state index is 12.6. The summed E-state index contributed by atoms with van der Waals surface area (Å²) < 4.78 is 33.5. The summed E-state index contributed by atoms with van der Waals surface area (Å²) in [6.45, 7) is 4.77. The van der Waals surface area contributed by atoms with E-state index in [1.54, 1.807) is 0 Å². The number of allylic oxidation sites excluding steroid dienone is 12. The van der Waals surface area contributed by atoms with Crippen molar-refractivity contribution in [2.75, 3.05) is 33.0 Å². The lowest BCUT2D eigenvalue weighted by atomic mass is 10.1. The average molecular weight is 848 g/mol. The van der Waals surface area contributed by atoms with Gasteiger partial charge in [0.2, 0.25) is 0 Å². The van der Waals surface area contributed by atoms with Gasteiger partial charge in [0.1, 0.15) is 6.10 Å². The molecule has 59 heavy (non-hydrogen) atoms. The number of carbonyl (C=O) groups is 1. The van der Waals surface area contributed by atoms with Crippen molar-refractivity contribution in [2.24, 2.45) is 5.73 Å². The minimum Gasteiger partial charge on any atom is -0.457 e. The lowest BCUT2D eigenvalue weighted by Gasteiger charge is -2.20. The molecular formula is C50H90NO7P. The van der Waals surface area contributed by atoms with Crippen LogP contribution in [0.25, 0.3) is 0 Å². The number of hydrogen-bond acceptors (Lipinski definition) is 7. The second-order valence-electron chi connectivity index (χ2n) is 15.6. The Labute approximate surface area is 363 Å². The molecule has 0 saturated carbocycles. The fourth-order valence-electron chi connectivity index (χ4n) is 6.37. The number of esters is 1. The van der Waals surface area contributed by atoms with Crippen LogP contribution in [0, 0.1) is 0 Å². The summed E-state index contributed by atoms with van der Waals surface area (Å²) in [5.41, 5.74) is 5.38. The Hall–Kier alpha value is -2.06. The molecule has 0 rings (SSSR count). The molecule has 0 aromatic carbocycles. The highest BCUT2D eigenvalue weighted by atomic mass is 31.2. The summed E-state index contributed by atoms with van der Waals surface area (Å²) in [7, 11) is -4.29. The van der Waals surface area contributed by atoms with E-state index in [0.29, 0.717) is 13.0 Å². The van der Waals surface area contributed by atoms with Crippen LogP contribution in [0.15, 0.2) is 72.9 Å². The number of hydrogen-bond donors (Lipinski definition) is 2. The van der Waals surface area contributed by atoms with E-state index in [1.807, 2.05) is 0 Å². The van der Waals surface area contributed by atoms with Crippen LogP contribution in [-0.2, 0) is 27.9 Å². The molecule has 8 nitrogen and oxygen atoms in total. The zero-order chi connectivity index (χ0) is 43.0. The van der Waals surface area contributed by atoms with Gasteiger partial charge in [-0.25, -0.2) is 4.57 Å². The normalized spacial score (nSPS) is 14.0. The summed E-state index contributed by atoms with van der Waals surface area (Å²) in [4.78, 5) is 22.6. The van der Waals surface area contributed by atoms with Crippen molar-refractivity contribution in [2.45, 2.75) is 206 Å². The fourth-order valence-corrected chi connectivity index (χ4v) is 7.14. The largest absolute Gasteiger partial charge is 0.472 e. The highest BCUT2D eigenvalue weighted by Gasteiger charge is 2.25. The van der Waals surface area contributed by atoms with E-state index in [9.17, 15) is 14.3 Å². The molecule has 0 amide bonds. The molecule has 0 aliphatic carbocycles. The molecule has 2 unspecified atom stereocenters. The molecule has 3 N–H and O–H groups in total.